The lowest BCUT2D eigenvalue weighted by atomic mass is 10.1. The number of fused-ring (bicyclic) bond motifs is 1. The average Bonchev–Trinajstić information content (AvgIpc) is 2.93. The summed E-state index contributed by atoms with van der Waals surface area (Å²) >= 11 is 1.65. The highest BCUT2D eigenvalue weighted by atomic mass is 32.1. The topological polar surface area (TPSA) is 58.4 Å². The highest BCUT2D eigenvalue weighted by molar-refractivity contribution is 7.08. The van der Waals surface area contributed by atoms with Crippen LogP contribution in [0.3, 0.4) is 0 Å². The maximum Gasteiger partial charge on any atom is 0.243 e. The number of anilines is 2. The predicted octanol–water partition coefficient (Wildman–Crippen LogP) is 2.21. The Kier molecular flexibility index (Phi) is 3.23. The Bertz CT molecular complexity index is 582. The number of nitrogens with zero attached hydrogens (tertiary/aromatic N) is 1. The Balaban J connectivity index is 2.02. The fourth-order valence-electron chi connectivity index (χ4n) is 2.45. The van der Waals surface area contributed by atoms with Crippen molar-refractivity contribution in [3.8, 4) is 0 Å². The zero-order valence-electron chi connectivity index (χ0n) is 10.4. The van der Waals surface area contributed by atoms with Crippen LogP contribution in [0, 0.1) is 0 Å². The van der Waals surface area contributed by atoms with Crippen molar-refractivity contribution in [2.45, 2.75) is 6.04 Å². The van der Waals surface area contributed by atoms with Gasteiger partial charge < -0.3 is 16.0 Å². The van der Waals surface area contributed by atoms with E-state index in [1.807, 2.05) is 29.6 Å². The third-order valence-corrected chi connectivity index (χ3v) is 4.03. The van der Waals surface area contributed by atoms with Gasteiger partial charge in [-0.05, 0) is 34.5 Å². The molecule has 1 unspecified atom stereocenters. The number of rotatable bonds is 3. The molecular weight excluding hydrogens is 258 g/mol. The molecule has 0 radical (unpaired) electrons. The molecule has 0 saturated heterocycles. The zero-order chi connectivity index (χ0) is 13.2. The number of carbonyl (C=O) groups is 1. The summed E-state index contributed by atoms with van der Waals surface area (Å²) in [6.07, 6.45) is 0. The minimum Gasteiger partial charge on any atom is -0.352 e. The molecule has 19 heavy (non-hydrogen) atoms. The number of thiophene rings is 1. The quantitative estimate of drug-likeness (QED) is 0.901. The monoisotopic (exact) mass is 273 g/mol. The summed E-state index contributed by atoms with van der Waals surface area (Å²) in [6.45, 7) is 0.826. The summed E-state index contributed by atoms with van der Waals surface area (Å²) in [5.41, 5.74) is 8.98. The molecule has 0 fully saturated rings. The largest absolute Gasteiger partial charge is 0.352 e. The Morgan fingerprint density at radius 3 is 2.95 bits per heavy atom. The van der Waals surface area contributed by atoms with Gasteiger partial charge in [0.1, 0.15) is 0 Å². The summed E-state index contributed by atoms with van der Waals surface area (Å²) in [4.78, 5) is 13.9. The number of para-hydroxylation sites is 2. The molecule has 1 aliphatic heterocycles. The van der Waals surface area contributed by atoms with Crippen LogP contribution in [0.15, 0.2) is 41.1 Å². The molecule has 1 aromatic carbocycles. The molecule has 0 bridgehead atoms. The van der Waals surface area contributed by atoms with Crippen LogP contribution in [0.4, 0.5) is 11.4 Å². The molecule has 1 amide bonds. The van der Waals surface area contributed by atoms with Crippen LogP contribution in [0.1, 0.15) is 11.6 Å². The third-order valence-electron chi connectivity index (χ3n) is 3.33. The van der Waals surface area contributed by atoms with E-state index >= 15 is 0 Å². The van der Waals surface area contributed by atoms with Gasteiger partial charge in [-0.2, -0.15) is 11.3 Å². The summed E-state index contributed by atoms with van der Waals surface area (Å²) in [5, 5.41) is 7.02. The predicted molar refractivity (Wildman–Crippen MR) is 78.5 cm³/mol. The van der Waals surface area contributed by atoms with Crippen LogP contribution in [0.5, 0.6) is 0 Å². The van der Waals surface area contributed by atoms with Crippen molar-refractivity contribution in [2.24, 2.45) is 5.73 Å². The van der Waals surface area contributed by atoms with E-state index in [9.17, 15) is 4.79 Å². The Hall–Kier alpha value is -1.85. The second-order valence-corrected chi connectivity index (χ2v) is 5.28. The third kappa shape index (κ3) is 2.22. The molecule has 2 heterocycles. The molecule has 3 N–H and O–H groups in total. The smallest absolute Gasteiger partial charge is 0.243 e. The summed E-state index contributed by atoms with van der Waals surface area (Å²) in [5.74, 6) is 0.00683. The fraction of sp³-hybridized carbons (Fsp3) is 0.214. The second-order valence-electron chi connectivity index (χ2n) is 4.50. The lowest BCUT2D eigenvalue weighted by Crippen LogP contribution is -2.42. The van der Waals surface area contributed by atoms with Gasteiger partial charge in [-0.3, -0.25) is 4.79 Å². The van der Waals surface area contributed by atoms with Crippen molar-refractivity contribution in [3.05, 3.63) is 46.7 Å². The van der Waals surface area contributed by atoms with Gasteiger partial charge in [0.05, 0.1) is 24.0 Å². The highest BCUT2D eigenvalue weighted by Crippen LogP contribution is 2.35. The maximum absolute atomic E-state index is 11.8. The molecule has 98 valence electrons. The standard InChI is InChI=1S/C14H15N3OS/c15-7-13(10-5-6-19-9-10)17-8-14(18)16-11-3-1-2-4-12(11)17/h1-6,9,13H,7-8,15H2,(H,16,18). The van der Waals surface area contributed by atoms with Gasteiger partial charge >= 0.3 is 0 Å². The SMILES string of the molecule is NCC(c1ccsc1)N1CC(=O)Nc2ccccc21. The first-order chi connectivity index (χ1) is 9.29. The normalized spacial score (nSPS) is 15.8. The van der Waals surface area contributed by atoms with Crippen LogP contribution >= 0.6 is 11.3 Å². The van der Waals surface area contributed by atoms with E-state index in [1.165, 1.54) is 0 Å². The number of carbonyl (C=O) groups excluding carboxylic acids is 1. The van der Waals surface area contributed by atoms with E-state index in [4.69, 9.17) is 5.73 Å². The van der Waals surface area contributed by atoms with Gasteiger partial charge in [0.15, 0.2) is 0 Å². The van der Waals surface area contributed by atoms with Gasteiger partial charge in [-0.1, -0.05) is 12.1 Å². The van der Waals surface area contributed by atoms with Crippen molar-refractivity contribution in [3.63, 3.8) is 0 Å². The van der Waals surface area contributed by atoms with Gasteiger partial charge in [0, 0.05) is 6.54 Å². The Morgan fingerprint density at radius 1 is 1.37 bits per heavy atom. The molecule has 1 atom stereocenters. The number of amides is 1. The lowest BCUT2D eigenvalue weighted by molar-refractivity contribution is -0.115. The van der Waals surface area contributed by atoms with Crippen LogP contribution in [0.25, 0.3) is 0 Å². The number of hydrogen-bond acceptors (Lipinski definition) is 4. The minimum absolute atomic E-state index is 0.00683. The molecule has 4 nitrogen and oxygen atoms in total. The van der Waals surface area contributed by atoms with Crippen molar-refractivity contribution >= 4 is 28.6 Å². The summed E-state index contributed by atoms with van der Waals surface area (Å²) in [6, 6.07) is 9.94. The first kappa shape index (κ1) is 12.2. The van der Waals surface area contributed by atoms with Crippen molar-refractivity contribution in [1.82, 2.24) is 0 Å². The molecule has 5 heteroatoms. The number of benzene rings is 1. The summed E-state index contributed by atoms with van der Waals surface area (Å²) < 4.78 is 0. The van der Waals surface area contributed by atoms with Crippen molar-refractivity contribution < 1.29 is 4.79 Å². The van der Waals surface area contributed by atoms with Gasteiger partial charge in [-0.15, -0.1) is 0 Å². The van der Waals surface area contributed by atoms with E-state index in [-0.39, 0.29) is 11.9 Å². The van der Waals surface area contributed by atoms with Crippen LogP contribution in [-0.4, -0.2) is 19.0 Å². The van der Waals surface area contributed by atoms with Crippen molar-refractivity contribution in [2.75, 3.05) is 23.3 Å². The average molecular weight is 273 g/mol. The van der Waals surface area contributed by atoms with Crippen LogP contribution < -0.4 is 16.0 Å². The van der Waals surface area contributed by atoms with Crippen LogP contribution in [-0.2, 0) is 4.79 Å². The number of nitrogens with one attached hydrogen (secondary N) is 1. The zero-order valence-corrected chi connectivity index (χ0v) is 11.2. The highest BCUT2D eigenvalue weighted by Gasteiger charge is 2.28. The first-order valence-electron chi connectivity index (χ1n) is 6.17. The maximum atomic E-state index is 11.8. The van der Waals surface area contributed by atoms with E-state index in [1.54, 1.807) is 11.3 Å². The molecule has 1 aromatic heterocycles. The molecule has 0 spiro atoms. The van der Waals surface area contributed by atoms with Gasteiger partial charge in [0.25, 0.3) is 0 Å². The molecular formula is C14H15N3OS. The molecule has 0 aliphatic carbocycles. The molecule has 3 rings (SSSR count). The van der Waals surface area contributed by atoms with E-state index in [0.29, 0.717) is 13.1 Å². The molecule has 0 saturated carbocycles. The number of hydrogen-bond donors (Lipinski definition) is 2. The van der Waals surface area contributed by atoms with Crippen molar-refractivity contribution in [1.29, 1.82) is 0 Å². The van der Waals surface area contributed by atoms with E-state index < -0.39 is 0 Å². The second kappa shape index (κ2) is 5.03. The summed E-state index contributed by atoms with van der Waals surface area (Å²) in [7, 11) is 0. The van der Waals surface area contributed by atoms with Gasteiger partial charge in [-0.25, -0.2) is 0 Å². The minimum atomic E-state index is 0.00683. The van der Waals surface area contributed by atoms with E-state index in [2.05, 4.69) is 21.7 Å². The van der Waals surface area contributed by atoms with Gasteiger partial charge in [0.2, 0.25) is 5.91 Å². The lowest BCUT2D eigenvalue weighted by Gasteiger charge is -2.36. The Morgan fingerprint density at radius 2 is 2.21 bits per heavy atom. The Labute approximate surface area is 115 Å². The first-order valence-corrected chi connectivity index (χ1v) is 7.11. The fourth-order valence-corrected chi connectivity index (χ4v) is 3.15. The van der Waals surface area contributed by atoms with E-state index in [0.717, 1.165) is 16.9 Å². The van der Waals surface area contributed by atoms with Crippen LogP contribution in [0.2, 0.25) is 0 Å². The molecule has 2 aromatic rings. The molecule has 1 aliphatic rings. The number of nitrogens with two attached hydrogens (primary N) is 1.